The first kappa shape index (κ1) is 20.7. The van der Waals surface area contributed by atoms with Crippen LogP contribution >= 0.6 is 12.1 Å². The minimum absolute atomic E-state index is 0.00248. The molecule has 0 unspecified atom stereocenters. The van der Waals surface area contributed by atoms with Gasteiger partial charge in [0.1, 0.15) is 5.65 Å². The zero-order chi connectivity index (χ0) is 19.6. The first-order valence-corrected chi connectivity index (χ1v) is 9.26. The van der Waals surface area contributed by atoms with E-state index in [1.807, 2.05) is 0 Å². The molecule has 0 spiro atoms. The van der Waals surface area contributed by atoms with Gasteiger partial charge in [0.25, 0.3) is 0 Å². The number of carbonyl (C=O) groups excluding carboxylic acids is 1. The summed E-state index contributed by atoms with van der Waals surface area (Å²) in [6.45, 7) is 6.93. The number of ether oxygens (including phenoxy) is 1. The summed E-state index contributed by atoms with van der Waals surface area (Å²) in [7, 11) is 0. The normalized spacial score (nSPS) is 13.1. The molecule has 1 amide bonds. The molecule has 1 aliphatic carbocycles. The van der Waals surface area contributed by atoms with Crippen molar-refractivity contribution in [2.45, 2.75) is 19.3 Å². The molecule has 2 aromatic rings. The number of aromatic nitrogens is 2. The van der Waals surface area contributed by atoms with Gasteiger partial charge in [-0.25, -0.2) is 9.37 Å². The molecule has 1 N–H and O–H groups in total. The summed E-state index contributed by atoms with van der Waals surface area (Å²) >= 11 is 0.106. The molecule has 1 aliphatic rings. The second-order valence-corrected chi connectivity index (χ2v) is 6.27. The quantitative estimate of drug-likeness (QED) is 0.279. The second kappa shape index (κ2) is 10.5. The van der Waals surface area contributed by atoms with Crippen LogP contribution in [-0.2, 0) is 9.53 Å². The predicted molar refractivity (Wildman–Crippen MR) is 106 cm³/mol. The third kappa shape index (κ3) is 6.25. The highest BCUT2D eigenvalue weighted by molar-refractivity contribution is 7.94. The molecule has 1 fully saturated rings. The van der Waals surface area contributed by atoms with Crippen molar-refractivity contribution < 1.29 is 17.8 Å². The van der Waals surface area contributed by atoms with Gasteiger partial charge in [0.15, 0.2) is 17.4 Å². The molecule has 1 saturated carbocycles. The van der Waals surface area contributed by atoms with Crippen molar-refractivity contribution in [3.8, 4) is 0 Å². The Labute approximate surface area is 161 Å². The van der Waals surface area contributed by atoms with Crippen LogP contribution in [0.5, 0.6) is 0 Å². The number of anilines is 1. The molecule has 3 rings (SSSR count). The Morgan fingerprint density at radius 3 is 2.67 bits per heavy atom. The molecule has 8 heteroatoms. The third-order valence-electron chi connectivity index (χ3n) is 3.42. The van der Waals surface area contributed by atoms with Crippen LogP contribution in [0, 0.1) is 0 Å². The summed E-state index contributed by atoms with van der Waals surface area (Å²) in [5.41, 5.74) is 1.59. The summed E-state index contributed by atoms with van der Waals surface area (Å²) in [5.74, 6) is -0.409. The average Bonchev–Trinajstić information content (AvgIpc) is 3.48. The highest BCUT2D eigenvalue weighted by atomic mass is 32.2. The van der Waals surface area contributed by atoms with Crippen LogP contribution in [0.4, 0.5) is 14.1 Å². The molecule has 0 saturated heterocycles. The Kier molecular flexibility index (Phi) is 8.06. The molecule has 0 radical (unpaired) electrons. The number of hydrogen-bond acceptors (Lipinski definition) is 4. The lowest BCUT2D eigenvalue weighted by molar-refractivity contribution is -0.105. The number of nitrogens with zero attached hydrogens (tertiary/aromatic N) is 2. The number of fused-ring (bicyclic) bond motifs is 1. The van der Waals surface area contributed by atoms with Crippen molar-refractivity contribution in [2.75, 3.05) is 17.7 Å². The average molecular weight is 393 g/mol. The van der Waals surface area contributed by atoms with Crippen LogP contribution in [0.25, 0.3) is 11.2 Å². The monoisotopic (exact) mass is 393 g/mol. The lowest BCUT2D eigenvalue weighted by Gasteiger charge is -2.12. The van der Waals surface area contributed by atoms with E-state index in [0.29, 0.717) is 29.0 Å². The SMILES string of the molecule is C1CC1.C=C/C(=C(/OCCSF)C(=C)F)c1ccc2nc(NC=O)cn2c1. The summed E-state index contributed by atoms with van der Waals surface area (Å²) < 4.78 is 32.8. The number of carbonyl (C=O) groups is 1. The summed E-state index contributed by atoms with van der Waals surface area (Å²) in [6.07, 6.45) is 9.76. The molecule has 0 atom stereocenters. The van der Waals surface area contributed by atoms with Gasteiger partial charge in [-0.1, -0.05) is 38.5 Å². The Morgan fingerprint density at radius 1 is 1.37 bits per heavy atom. The third-order valence-corrected chi connectivity index (χ3v) is 3.75. The molecule has 144 valence electrons. The van der Waals surface area contributed by atoms with E-state index < -0.39 is 5.83 Å². The Morgan fingerprint density at radius 2 is 2.11 bits per heavy atom. The van der Waals surface area contributed by atoms with E-state index >= 15 is 0 Å². The lowest BCUT2D eigenvalue weighted by Crippen LogP contribution is -2.01. The van der Waals surface area contributed by atoms with E-state index in [4.69, 9.17) is 4.74 Å². The Hall–Kier alpha value is -2.61. The van der Waals surface area contributed by atoms with E-state index in [-0.39, 0.29) is 30.3 Å². The first-order chi connectivity index (χ1) is 13.1. The van der Waals surface area contributed by atoms with E-state index in [2.05, 4.69) is 23.5 Å². The van der Waals surface area contributed by atoms with Gasteiger partial charge in [-0.3, -0.25) is 4.79 Å². The topological polar surface area (TPSA) is 55.6 Å². The highest BCUT2D eigenvalue weighted by Crippen LogP contribution is 2.27. The smallest absolute Gasteiger partial charge is 0.212 e. The van der Waals surface area contributed by atoms with Crippen molar-refractivity contribution in [1.29, 1.82) is 0 Å². The molecule has 0 aliphatic heterocycles. The zero-order valence-corrected chi connectivity index (χ0v) is 15.6. The number of hydrogen-bond donors (Lipinski definition) is 1. The fourth-order valence-corrected chi connectivity index (χ4v) is 2.25. The largest absolute Gasteiger partial charge is 0.489 e. The van der Waals surface area contributed by atoms with Crippen molar-refractivity contribution in [2.24, 2.45) is 0 Å². The van der Waals surface area contributed by atoms with Gasteiger partial charge < -0.3 is 14.5 Å². The van der Waals surface area contributed by atoms with Gasteiger partial charge >= 0.3 is 0 Å². The van der Waals surface area contributed by atoms with Crippen LogP contribution in [0.15, 0.2) is 55.3 Å². The number of imidazole rings is 1. The van der Waals surface area contributed by atoms with Crippen molar-refractivity contribution in [1.82, 2.24) is 9.38 Å². The van der Waals surface area contributed by atoms with Crippen molar-refractivity contribution in [3.05, 3.63) is 60.9 Å². The molecule has 5 nitrogen and oxygen atoms in total. The Balaban J connectivity index is 0.000000789. The predicted octanol–water partition coefficient (Wildman–Crippen LogP) is 5.09. The fraction of sp³-hybridized carbons (Fsp3) is 0.263. The van der Waals surface area contributed by atoms with Gasteiger partial charge in [-0.2, -0.15) is 3.89 Å². The lowest BCUT2D eigenvalue weighted by atomic mass is 10.1. The number of nitrogens with one attached hydrogen (secondary N) is 1. The molecule has 0 bridgehead atoms. The maximum atomic E-state index is 13.7. The molecular weight excluding hydrogens is 372 g/mol. The van der Waals surface area contributed by atoms with Gasteiger partial charge in [-0.05, 0) is 12.1 Å². The van der Waals surface area contributed by atoms with Gasteiger partial charge in [0, 0.05) is 29.5 Å². The van der Waals surface area contributed by atoms with Crippen LogP contribution < -0.4 is 5.32 Å². The van der Waals surface area contributed by atoms with E-state index in [1.54, 1.807) is 28.9 Å². The number of rotatable bonds is 9. The van der Waals surface area contributed by atoms with Crippen LogP contribution in [0.3, 0.4) is 0 Å². The number of pyridine rings is 1. The second-order valence-electron chi connectivity index (χ2n) is 5.65. The van der Waals surface area contributed by atoms with E-state index in [0.717, 1.165) is 0 Å². The molecule has 2 heterocycles. The minimum atomic E-state index is -0.775. The van der Waals surface area contributed by atoms with Gasteiger partial charge in [0.05, 0.1) is 18.6 Å². The summed E-state index contributed by atoms with van der Waals surface area (Å²) in [5, 5.41) is 2.45. The number of amides is 1. The number of allylic oxidation sites excluding steroid dienone is 3. The van der Waals surface area contributed by atoms with Crippen LogP contribution in [0.1, 0.15) is 24.8 Å². The zero-order valence-electron chi connectivity index (χ0n) is 14.8. The van der Waals surface area contributed by atoms with Crippen LogP contribution in [0.2, 0.25) is 0 Å². The van der Waals surface area contributed by atoms with Crippen molar-refractivity contribution in [3.63, 3.8) is 0 Å². The first-order valence-electron chi connectivity index (χ1n) is 8.37. The molecule has 0 aromatic carbocycles. The van der Waals surface area contributed by atoms with Crippen molar-refractivity contribution >= 4 is 35.6 Å². The van der Waals surface area contributed by atoms with Gasteiger partial charge in [0.2, 0.25) is 6.41 Å². The van der Waals surface area contributed by atoms with E-state index in [9.17, 15) is 13.1 Å². The standard InChI is InChI=1S/C16H15F2N3O2S.C3H6/c1-3-13(16(11(2)17)23-6-7-24-18)12-4-5-15-20-14(19-10-22)9-21(15)8-12;1-2-3-1/h3-5,8-10H,1-2,6-7H2,(H,19,22);1-3H2/b16-13-;. The summed E-state index contributed by atoms with van der Waals surface area (Å²) in [4.78, 5) is 14.7. The molecule has 2 aromatic heterocycles. The molecular formula is C19H21F2N3O2S. The minimum Gasteiger partial charge on any atom is -0.489 e. The fourth-order valence-electron chi connectivity index (χ4n) is 2.10. The van der Waals surface area contributed by atoms with Crippen LogP contribution in [-0.4, -0.2) is 28.2 Å². The van der Waals surface area contributed by atoms with E-state index in [1.165, 1.54) is 25.3 Å². The maximum absolute atomic E-state index is 13.7. The highest BCUT2D eigenvalue weighted by Gasteiger charge is 2.13. The maximum Gasteiger partial charge on any atom is 0.212 e. The summed E-state index contributed by atoms with van der Waals surface area (Å²) in [6, 6.07) is 3.41. The molecule has 27 heavy (non-hydrogen) atoms. The number of halogens is 2. The Bertz CT molecular complexity index is 844. The van der Waals surface area contributed by atoms with Gasteiger partial charge in [-0.15, -0.1) is 0 Å².